The molecule has 0 saturated heterocycles. The maximum Gasteiger partial charge on any atom is 0.237 e. The van der Waals surface area contributed by atoms with E-state index in [0.717, 1.165) is 209 Å². The summed E-state index contributed by atoms with van der Waals surface area (Å²) in [6.45, 7) is 0. The van der Waals surface area contributed by atoms with Gasteiger partial charge in [0.05, 0.1) is 61.4 Å². The van der Waals surface area contributed by atoms with Gasteiger partial charge in [-0.05, 0) is 101 Å². The van der Waals surface area contributed by atoms with E-state index < -0.39 is 0 Å². The first kappa shape index (κ1) is 57.6. The van der Waals surface area contributed by atoms with Gasteiger partial charge < -0.3 is 8.83 Å². The quantitative estimate of drug-likeness (QED) is 0.150. The van der Waals surface area contributed by atoms with Crippen LogP contribution in [0.3, 0.4) is 0 Å². The van der Waals surface area contributed by atoms with Crippen molar-refractivity contribution < 1.29 is 8.83 Å². The van der Waals surface area contributed by atoms with Gasteiger partial charge in [0.15, 0.2) is 0 Å². The van der Waals surface area contributed by atoms with Crippen molar-refractivity contribution in [2.24, 2.45) is 0 Å². The predicted octanol–water partition coefficient (Wildman–Crippen LogP) is 23.9. The van der Waals surface area contributed by atoms with Crippen LogP contribution in [-0.4, -0.2) is 44.0 Å². The number of fused-ring (bicyclic) bond motifs is 24. The third kappa shape index (κ3) is 8.68. The number of benzene rings is 14. The van der Waals surface area contributed by atoms with Crippen LogP contribution in [0.1, 0.15) is 0 Å². The maximum absolute atomic E-state index is 6.33. The van der Waals surface area contributed by atoms with Gasteiger partial charge in [0.2, 0.25) is 11.9 Å². The second-order valence-electron chi connectivity index (χ2n) is 26.5. The fourth-order valence-corrected chi connectivity index (χ4v) is 16.3. The highest BCUT2D eigenvalue weighted by Gasteiger charge is 2.26. The van der Waals surface area contributed by atoms with Crippen molar-refractivity contribution in [1.82, 2.24) is 44.0 Å². The van der Waals surface area contributed by atoms with Crippen molar-refractivity contribution in [3.8, 4) is 56.9 Å². The molecule has 0 amide bonds. The molecule has 0 aliphatic carbocycles. The molecule has 0 unspecified atom stereocenters. The highest BCUT2D eigenvalue weighted by Crippen LogP contribution is 2.47. The molecule has 0 saturated carbocycles. The average molecular weight is 1330 g/mol. The molecule has 0 bridgehead atoms. The average Bonchev–Trinajstić information content (AvgIpc) is 1.47. The first-order valence-electron chi connectivity index (χ1n) is 34.9. The summed E-state index contributed by atoms with van der Waals surface area (Å²) in [5.74, 6) is 1.22. The van der Waals surface area contributed by atoms with Crippen molar-refractivity contribution in [3.05, 3.63) is 322 Å². The van der Waals surface area contributed by atoms with Crippen LogP contribution in [0.25, 0.3) is 220 Å². The Morgan fingerprint density at radius 2 is 0.683 bits per heavy atom. The zero-order chi connectivity index (χ0) is 68.1. The largest absolute Gasteiger partial charge is 0.456 e. The highest BCUT2D eigenvalue weighted by molar-refractivity contribution is 6.30. The summed E-state index contributed by atoms with van der Waals surface area (Å²) in [6.07, 6.45) is 1.83. The standard InChI is InChI=1S/C49H28N4O.C44H25N5O/c1-2-14-29(15-3-1)46-35-21-8-11-23-39(35)51-49(52-46)53-41-24-12-9-17-31(41)38-28-37(30-16-4-7-20-34(30)48(38)53)47-33-19-6-5-18-32(33)44-40(50-47)26-27-43-45(44)36-22-10-13-25-42(36)54-43;1-2-11-26(12-3-1)41-31-15-6-8-18-34(31)47-44(48-41)49-36-22-20-27(25-33(36)30-17-10-24-45-43(30)49)42-29-14-5-4-13-28(29)39-35(46-42)21-23-38-40(39)32-16-7-9-19-37(32)50-38/h1-28H;1-25H. The first-order chi connectivity index (χ1) is 51.6. The molecule has 11 nitrogen and oxygen atoms in total. The Bertz CT molecular complexity index is 7560. The summed E-state index contributed by atoms with van der Waals surface area (Å²) < 4.78 is 16.9. The van der Waals surface area contributed by atoms with Crippen LogP contribution in [0.5, 0.6) is 0 Å². The molecule has 482 valence electrons. The molecule has 0 aliphatic heterocycles. The second kappa shape index (κ2) is 22.6. The molecule has 9 heterocycles. The van der Waals surface area contributed by atoms with Gasteiger partial charge >= 0.3 is 0 Å². The van der Waals surface area contributed by atoms with Crippen molar-refractivity contribution >= 4 is 164 Å². The molecular weight excluding hydrogens is 1280 g/mol. The molecule has 11 heteroatoms. The van der Waals surface area contributed by atoms with Crippen LogP contribution in [0, 0.1) is 0 Å². The van der Waals surface area contributed by atoms with Crippen molar-refractivity contribution in [2.45, 2.75) is 0 Å². The summed E-state index contributed by atoms with van der Waals surface area (Å²) in [5, 5.41) is 19.7. The minimum absolute atomic E-state index is 0.583. The second-order valence-corrected chi connectivity index (χ2v) is 26.5. The van der Waals surface area contributed by atoms with Gasteiger partial charge in [0.1, 0.15) is 28.0 Å². The summed E-state index contributed by atoms with van der Waals surface area (Å²) in [4.78, 5) is 36.6. The van der Waals surface area contributed by atoms with Gasteiger partial charge in [0, 0.05) is 109 Å². The van der Waals surface area contributed by atoms with Crippen LogP contribution >= 0.6 is 0 Å². The molecule has 9 aromatic heterocycles. The number of para-hydroxylation sites is 5. The molecule has 0 N–H and O–H groups in total. The number of furan rings is 2. The first-order valence-corrected chi connectivity index (χ1v) is 34.9. The molecule has 0 fully saturated rings. The Kier molecular flexibility index (Phi) is 12.5. The lowest BCUT2D eigenvalue weighted by atomic mass is 9.93. The van der Waals surface area contributed by atoms with E-state index in [1.807, 2.05) is 91.1 Å². The molecule has 0 spiro atoms. The fourth-order valence-electron chi connectivity index (χ4n) is 16.3. The Balaban J connectivity index is 0.000000131. The molecule has 0 atom stereocenters. The van der Waals surface area contributed by atoms with E-state index in [9.17, 15) is 0 Å². The third-order valence-corrected chi connectivity index (χ3v) is 20.8. The predicted molar refractivity (Wildman–Crippen MR) is 425 cm³/mol. The minimum Gasteiger partial charge on any atom is -0.456 e. The van der Waals surface area contributed by atoms with Crippen molar-refractivity contribution in [2.75, 3.05) is 0 Å². The number of hydrogen-bond acceptors (Lipinski definition) is 9. The van der Waals surface area contributed by atoms with Crippen molar-refractivity contribution in [3.63, 3.8) is 0 Å². The van der Waals surface area contributed by atoms with Gasteiger partial charge in [-0.3, -0.25) is 9.13 Å². The number of nitrogens with zero attached hydrogens (tertiary/aromatic N) is 9. The van der Waals surface area contributed by atoms with Crippen LogP contribution in [0.15, 0.2) is 330 Å². The lowest BCUT2D eigenvalue weighted by molar-refractivity contribution is 0.669. The number of hydrogen-bond donors (Lipinski definition) is 0. The van der Waals surface area contributed by atoms with E-state index in [1.54, 1.807) is 0 Å². The maximum atomic E-state index is 6.33. The van der Waals surface area contributed by atoms with E-state index in [-0.39, 0.29) is 0 Å². The molecule has 0 radical (unpaired) electrons. The van der Waals surface area contributed by atoms with Gasteiger partial charge in [-0.25, -0.2) is 34.9 Å². The lowest BCUT2D eigenvalue weighted by Gasteiger charge is -2.15. The Labute approximate surface area is 591 Å². The van der Waals surface area contributed by atoms with Crippen molar-refractivity contribution in [1.29, 1.82) is 0 Å². The van der Waals surface area contributed by atoms with E-state index in [4.69, 9.17) is 43.7 Å². The number of rotatable bonds is 6. The Morgan fingerprint density at radius 1 is 0.231 bits per heavy atom. The topological polar surface area (TPSA) is 126 Å². The molecule has 23 rings (SSSR count). The van der Waals surface area contributed by atoms with Gasteiger partial charge in [-0.2, -0.15) is 0 Å². The van der Waals surface area contributed by atoms with Gasteiger partial charge in [-0.15, -0.1) is 0 Å². The minimum atomic E-state index is 0.583. The zero-order valence-corrected chi connectivity index (χ0v) is 55.4. The van der Waals surface area contributed by atoms with Crippen LogP contribution in [-0.2, 0) is 0 Å². The molecule has 0 aliphatic rings. The smallest absolute Gasteiger partial charge is 0.237 e. The zero-order valence-electron chi connectivity index (χ0n) is 55.4. The Morgan fingerprint density at radius 3 is 1.29 bits per heavy atom. The number of aromatic nitrogens is 9. The van der Waals surface area contributed by atoms with E-state index in [0.29, 0.717) is 11.9 Å². The molecule has 104 heavy (non-hydrogen) atoms. The monoisotopic (exact) mass is 1330 g/mol. The van der Waals surface area contributed by atoms with Gasteiger partial charge in [0.25, 0.3) is 0 Å². The summed E-state index contributed by atoms with van der Waals surface area (Å²) >= 11 is 0. The molecular formula is C93H53N9O2. The van der Waals surface area contributed by atoms with E-state index in [1.165, 1.54) is 0 Å². The lowest BCUT2D eigenvalue weighted by Crippen LogP contribution is -2.04. The third-order valence-electron chi connectivity index (χ3n) is 20.8. The Hall–Kier alpha value is -14.3. The van der Waals surface area contributed by atoms with E-state index >= 15 is 0 Å². The summed E-state index contributed by atoms with van der Waals surface area (Å²) in [6, 6.07) is 109. The summed E-state index contributed by atoms with van der Waals surface area (Å²) in [5.41, 5.74) is 18.9. The molecule has 23 aromatic rings. The SMILES string of the molecule is c1ccc(-c2nc(-n3c4ccc(-c5nc6ccc7oc8ccccc8c7c6c6ccccc56)cc4c4cccnc43)nc3ccccc23)cc1.c1ccc(-c2nc(-n3c4ccccc4c4cc(-c5nc6ccc7oc8ccccc8c7c6c6ccccc56)c5ccccc5c43)nc3ccccc23)cc1. The van der Waals surface area contributed by atoms with Gasteiger partial charge in [-0.1, -0.05) is 231 Å². The van der Waals surface area contributed by atoms with E-state index in [2.05, 4.69) is 240 Å². The highest BCUT2D eigenvalue weighted by atomic mass is 16.3. The van der Waals surface area contributed by atoms with Crippen LogP contribution in [0.2, 0.25) is 0 Å². The van der Waals surface area contributed by atoms with Crippen LogP contribution in [0.4, 0.5) is 0 Å². The molecule has 14 aromatic carbocycles. The fraction of sp³-hybridized carbons (Fsp3) is 0. The van der Waals surface area contributed by atoms with Crippen LogP contribution < -0.4 is 0 Å². The number of pyridine rings is 3. The normalized spacial score (nSPS) is 12.0. The summed E-state index contributed by atoms with van der Waals surface area (Å²) in [7, 11) is 0.